The fourth-order valence-corrected chi connectivity index (χ4v) is 4.38. The molecule has 0 aromatic rings. The molecule has 2 heteroatoms. The van der Waals surface area contributed by atoms with Crippen molar-refractivity contribution in [3.63, 3.8) is 0 Å². The predicted octanol–water partition coefficient (Wildman–Crippen LogP) is 3.44. The molecule has 2 aliphatic rings. The summed E-state index contributed by atoms with van der Waals surface area (Å²) in [5, 5.41) is 10.4. The minimum absolute atomic E-state index is 0.114. The molecule has 2 nitrogen and oxygen atoms in total. The van der Waals surface area contributed by atoms with Crippen LogP contribution in [-0.4, -0.2) is 35.2 Å². The van der Waals surface area contributed by atoms with Crippen LogP contribution in [0.5, 0.6) is 0 Å². The van der Waals surface area contributed by atoms with Crippen LogP contribution in [0.25, 0.3) is 0 Å². The van der Waals surface area contributed by atoms with Crippen LogP contribution in [0.1, 0.15) is 65.2 Å². The van der Waals surface area contributed by atoms with Crippen molar-refractivity contribution in [1.82, 2.24) is 4.90 Å². The molecule has 0 saturated heterocycles. The van der Waals surface area contributed by atoms with Crippen molar-refractivity contribution in [3.05, 3.63) is 0 Å². The van der Waals surface area contributed by atoms with Gasteiger partial charge in [0.05, 0.1) is 6.10 Å². The highest BCUT2D eigenvalue weighted by Crippen LogP contribution is 2.34. The lowest BCUT2D eigenvalue weighted by atomic mass is 9.77. The van der Waals surface area contributed by atoms with Gasteiger partial charge in [-0.05, 0) is 44.6 Å². The van der Waals surface area contributed by atoms with Crippen molar-refractivity contribution in [2.75, 3.05) is 7.05 Å². The van der Waals surface area contributed by atoms with Gasteiger partial charge in [-0.15, -0.1) is 0 Å². The van der Waals surface area contributed by atoms with Crippen LogP contribution in [0.4, 0.5) is 0 Å². The maximum absolute atomic E-state index is 10.4. The summed E-state index contributed by atoms with van der Waals surface area (Å²) in [5.74, 6) is 1.32. The van der Waals surface area contributed by atoms with Crippen LogP contribution in [0.2, 0.25) is 0 Å². The van der Waals surface area contributed by atoms with E-state index in [0.29, 0.717) is 23.9 Å². The molecule has 0 amide bonds. The minimum Gasteiger partial charge on any atom is -0.391 e. The number of hydrogen-bond donors (Lipinski definition) is 1. The SMILES string of the molecule is CC1CC(C)C(N(C)C2CCCCCC2)C(O)C1. The van der Waals surface area contributed by atoms with Crippen LogP contribution in [0.3, 0.4) is 0 Å². The molecule has 2 rings (SSSR count). The third kappa shape index (κ3) is 3.27. The number of rotatable bonds is 2. The Morgan fingerprint density at radius 2 is 1.56 bits per heavy atom. The minimum atomic E-state index is -0.114. The topological polar surface area (TPSA) is 23.5 Å². The van der Waals surface area contributed by atoms with Gasteiger partial charge in [-0.3, -0.25) is 4.90 Å². The lowest BCUT2D eigenvalue weighted by molar-refractivity contribution is -0.0323. The first-order valence-electron chi connectivity index (χ1n) is 7.99. The highest BCUT2D eigenvalue weighted by molar-refractivity contribution is 4.91. The summed E-state index contributed by atoms with van der Waals surface area (Å²) in [6, 6.07) is 1.10. The predicted molar refractivity (Wildman–Crippen MR) is 76.6 cm³/mol. The van der Waals surface area contributed by atoms with Crippen LogP contribution < -0.4 is 0 Å². The Morgan fingerprint density at radius 3 is 2.11 bits per heavy atom. The summed E-state index contributed by atoms with van der Waals surface area (Å²) in [4.78, 5) is 2.53. The van der Waals surface area contributed by atoms with E-state index in [0.717, 1.165) is 6.42 Å². The quantitative estimate of drug-likeness (QED) is 0.762. The van der Waals surface area contributed by atoms with Gasteiger partial charge in [0.2, 0.25) is 0 Å². The molecule has 2 fully saturated rings. The average Bonchev–Trinajstić information content (AvgIpc) is 2.55. The second kappa shape index (κ2) is 6.38. The summed E-state index contributed by atoms with van der Waals surface area (Å²) in [5.41, 5.74) is 0. The van der Waals surface area contributed by atoms with Crippen molar-refractivity contribution < 1.29 is 5.11 Å². The number of hydrogen-bond acceptors (Lipinski definition) is 2. The number of aliphatic hydroxyl groups is 1. The first kappa shape index (κ1) is 14.3. The monoisotopic (exact) mass is 253 g/mol. The van der Waals surface area contributed by atoms with E-state index in [-0.39, 0.29) is 6.10 Å². The second-order valence-corrected chi connectivity index (χ2v) is 6.92. The third-order valence-electron chi connectivity index (χ3n) is 5.27. The maximum atomic E-state index is 10.4. The number of aliphatic hydroxyl groups excluding tert-OH is 1. The van der Waals surface area contributed by atoms with Crippen molar-refractivity contribution in [3.8, 4) is 0 Å². The van der Waals surface area contributed by atoms with E-state index in [1.807, 2.05) is 0 Å². The van der Waals surface area contributed by atoms with Gasteiger partial charge in [-0.2, -0.15) is 0 Å². The van der Waals surface area contributed by atoms with E-state index in [1.54, 1.807) is 0 Å². The second-order valence-electron chi connectivity index (χ2n) is 6.92. The summed E-state index contributed by atoms with van der Waals surface area (Å²) < 4.78 is 0. The zero-order chi connectivity index (χ0) is 13.1. The Labute approximate surface area is 113 Å². The molecule has 0 heterocycles. The molecule has 2 aliphatic carbocycles. The molecule has 4 atom stereocenters. The molecule has 0 radical (unpaired) electrons. The highest BCUT2D eigenvalue weighted by atomic mass is 16.3. The fourth-order valence-electron chi connectivity index (χ4n) is 4.38. The molecular formula is C16H31NO. The highest BCUT2D eigenvalue weighted by Gasteiger charge is 2.37. The molecule has 0 spiro atoms. The number of likely N-dealkylation sites (N-methyl/N-ethyl adjacent to an activating group) is 1. The lowest BCUT2D eigenvalue weighted by Gasteiger charge is -2.45. The van der Waals surface area contributed by atoms with Crippen LogP contribution in [-0.2, 0) is 0 Å². The van der Waals surface area contributed by atoms with Crippen molar-refractivity contribution in [2.45, 2.75) is 83.4 Å². The zero-order valence-electron chi connectivity index (χ0n) is 12.4. The van der Waals surface area contributed by atoms with Gasteiger partial charge in [-0.1, -0.05) is 39.5 Å². The van der Waals surface area contributed by atoms with E-state index in [2.05, 4.69) is 25.8 Å². The molecule has 0 aliphatic heterocycles. The van der Waals surface area contributed by atoms with E-state index in [4.69, 9.17) is 0 Å². The summed E-state index contributed by atoms with van der Waals surface area (Å²) in [6.45, 7) is 4.61. The molecule has 18 heavy (non-hydrogen) atoms. The molecule has 1 N–H and O–H groups in total. The average molecular weight is 253 g/mol. The van der Waals surface area contributed by atoms with Gasteiger partial charge in [0.1, 0.15) is 0 Å². The number of nitrogens with zero attached hydrogens (tertiary/aromatic N) is 1. The first-order valence-corrected chi connectivity index (χ1v) is 7.99. The van der Waals surface area contributed by atoms with Crippen LogP contribution >= 0.6 is 0 Å². The Bertz CT molecular complexity index is 235. The summed E-state index contributed by atoms with van der Waals surface area (Å²) in [7, 11) is 2.26. The van der Waals surface area contributed by atoms with Gasteiger partial charge < -0.3 is 5.11 Å². The molecular weight excluding hydrogens is 222 g/mol. The summed E-state index contributed by atoms with van der Waals surface area (Å²) >= 11 is 0. The van der Waals surface area contributed by atoms with Gasteiger partial charge in [0.15, 0.2) is 0 Å². The zero-order valence-corrected chi connectivity index (χ0v) is 12.4. The molecule has 0 bridgehead atoms. The lowest BCUT2D eigenvalue weighted by Crippen LogP contribution is -2.53. The Kier molecular flexibility index (Phi) is 5.08. The fraction of sp³-hybridized carbons (Fsp3) is 1.00. The van der Waals surface area contributed by atoms with Gasteiger partial charge in [0, 0.05) is 12.1 Å². The molecule has 2 saturated carbocycles. The largest absolute Gasteiger partial charge is 0.391 e. The van der Waals surface area contributed by atoms with Gasteiger partial charge >= 0.3 is 0 Å². The van der Waals surface area contributed by atoms with Gasteiger partial charge in [-0.25, -0.2) is 0 Å². The van der Waals surface area contributed by atoms with E-state index >= 15 is 0 Å². The molecule has 4 unspecified atom stereocenters. The molecule has 0 aromatic heterocycles. The maximum Gasteiger partial charge on any atom is 0.0700 e. The van der Waals surface area contributed by atoms with Gasteiger partial charge in [0.25, 0.3) is 0 Å². The smallest absolute Gasteiger partial charge is 0.0700 e. The molecule has 106 valence electrons. The van der Waals surface area contributed by atoms with Crippen LogP contribution in [0, 0.1) is 11.8 Å². The standard InChI is InChI=1S/C16H31NO/c1-12-10-13(2)16(15(18)11-12)17(3)14-8-6-4-5-7-9-14/h12-16,18H,4-11H2,1-3H3. The molecule has 0 aromatic carbocycles. The normalized spacial score (nSPS) is 39.8. The van der Waals surface area contributed by atoms with Crippen LogP contribution in [0.15, 0.2) is 0 Å². The van der Waals surface area contributed by atoms with E-state index in [9.17, 15) is 5.11 Å². The Balaban J connectivity index is 1.99. The Morgan fingerprint density at radius 1 is 0.944 bits per heavy atom. The first-order chi connectivity index (χ1) is 8.59. The van der Waals surface area contributed by atoms with E-state index < -0.39 is 0 Å². The Hall–Kier alpha value is -0.0800. The van der Waals surface area contributed by atoms with E-state index in [1.165, 1.54) is 44.9 Å². The van der Waals surface area contributed by atoms with Crippen molar-refractivity contribution in [2.24, 2.45) is 11.8 Å². The summed E-state index contributed by atoms with van der Waals surface area (Å²) in [6.07, 6.45) is 10.4. The van der Waals surface area contributed by atoms with Crippen molar-refractivity contribution in [1.29, 1.82) is 0 Å². The van der Waals surface area contributed by atoms with Crippen molar-refractivity contribution >= 4 is 0 Å². The third-order valence-corrected chi connectivity index (χ3v) is 5.27.